The molecule has 0 saturated heterocycles. The lowest BCUT2D eigenvalue weighted by Crippen LogP contribution is -2.14. The van der Waals surface area contributed by atoms with Crippen LogP contribution in [0.4, 0.5) is 0 Å². The summed E-state index contributed by atoms with van der Waals surface area (Å²) in [6.07, 6.45) is 2.89. The van der Waals surface area contributed by atoms with E-state index in [1.807, 2.05) is 24.3 Å². The van der Waals surface area contributed by atoms with E-state index < -0.39 is 0 Å². The molecule has 0 bridgehead atoms. The first-order chi connectivity index (χ1) is 24.4. The van der Waals surface area contributed by atoms with Crippen LogP contribution in [0, 0.1) is 6.92 Å². The van der Waals surface area contributed by atoms with Gasteiger partial charge in [-0.1, -0.05) is 165 Å². The Hall–Kier alpha value is -5.92. The Kier molecular flexibility index (Phi) is 8.05. The topological polar surface area (TPSA) is 15.8 Å². The zero-order valence-corrected chi connectivity index (χ0v) is 29.0. The molecule has 1 aromatic heterocycles. The minimum atomic E-state index is 0.0669. The molecule has 1 aliphatic carbocycles. The smallest absolute Gasteiger partial charge is 0.0468 e. The summed E-state index contributed by atoms with van der Waals surface area (Å²) in [5.74, 6) is 0. The van der Waals surface area contributed by atoms with Crippen molar-refractivity contribution in [3.05, 3.63) is 193 Å². The molecular formula is C49H41N. The number of hydrogen-bond acceptors (Lipinski definition) is 0. The highest BCUT2D eigenvalue weighted by molar-refractivity contribution is 6.25. The first-order valence-corrected chi connectivity index (χ1v) is 17.5. The molecule has 50 heavy (non-hydrogen) atoms. The molecule has 10 rings (SSSR count). The van der Waals surface area contributed by atoms with Crippen molar-refractivity contribution < 1.29 is 0 Å². The van der Waals surface area contributed by atoms with Crippen LogP contribution in [0.2, 0.25) is 0 Å². The van der Waals surface area contributed by atoms with Crippen LogP contribution in [0.25, 0.3) is 65.3 Å². The maximum absolute atomic E-state index is 3.66. The van der Waals surface area contributed by atoms with E-state index in [1.165, 1.54) is 87.5 Å². The molecule has 1 N–H and O–H groups in total. The molecule has 1 nitrogen and oxygen atoms in total. The van der Waals surface area contributed by atoms with Gasteiger partial charge in [-0.25, -0.2) is 0 Å². The van der Waals surface area contributed by atoms with E-state index in [1.54, 1.807) is 0 Å². The maximum Gasteiger partial charge on any atom is 0.0468 e. The van der Waals surface area contributed by atoms with Crippen molar-refractivity contribution in [3.63, 3.8) is 0 Å². The van der Waals surface area contributed by atoms with Crippen LogP contribution in [0.3, 0.4) is 0 Å². The molecule has 1 heteroatoms. The van der Waals surface area contributed by atoms with Crippen molar-refractivity contribution in [2.75, 3.05) is 0 Å². The molecule has 1 heterocycles. The van der Waals surface area contributed by atoms with Gasteiger partial charge >= 0.3 is 0 Å². The van der Waals surface area contributed by atoms with Gasteiger partial charge in [0.1, 0.15) is 0 Å². The zero-order valence-electron chi connectivity index (χ0n) is 29.0. The zero-order chi connectivity index (χ0) is 34.2. The Bertz CT molecular complexity index is 2640. The molecule has 0 unspecified atom stereocenters. The number of allylic oxidation sites excluding steroid dienone is 1. The van der Waals surface area contributed by atoms with Gasteiger partial charge in [0, 0.05) is 27.2 Å². The molecule has 8 aromatic carbocycles. The normalized spacial score (nSPS) is 12.6. The van der Waals surface area contributed by atoms with E-state index in [2.05, 4.69) is 172 Å². The summed E-state index contributed by atoms with van der Waals surface area (Å²) in [5.41, 5.74) is 10.8. The number of aromatic amines is 1. The highest BCUT2D eigenvalue weighted by atomic mass is 14.7. The van der Waals surface area contributed by atoms with Crippen molar-refractivity contribution >= 4 is 54.1 Å². The minimum Gasteiger partial charge on any atom is -0.355 e. The number of aromatic nitrogens is 1. The second-order valence-electron chi connectivity index (χ2n) is 13.9. The van der Waals surface area contributed by atoms with Gasteiger partial charge < -0.3 is 4.98 Å². The minimum absolute atomic E-state index is 0.0669. The van der Waals surface area contributed by atoms with Gasteiger partial charge in [0.2, 0.25) is 0 Å². The highest BCUT2D eigenvalue weighted by Crippen LogP contribution is 2.50. The summed E-state index contributed by atoms with van der Waals surface area (Å²) in [6, 6.07) is 56.5. The van der Waals surface area contributed by atoms with Crippen LogP contribution in [0.5, 0.6) is 0 Å². The first-order valence-electron chi connectivity index (χ1n) is 17.5. The second-order valence-corrected chi connectivity index (χ2v) is 13.9. The molecule has 0 spiro atoms. The fraction of sp³-hybridized carbons (Fsp3) is 0.102. The van der Waals surface area contributed by atoms with Gasteiger partial charge in [-0.05, 0) is 91.7 Å². The standard InChI is InChI=1S/C21H17N.C19H14.C9H10/c1-21(2)17-9-5-3-7-13(17)15-11-16-14-8-4-6-10-19(14)22-20(16)12-18(15)21;1-13-10-11-18-16-8-3-2-6-14(16)15-7-4-5-9-17(15)19(18)12-13;1-2-6-9-7-4-3-5-8-9/h3-12,22H,1-2H3;2-12H,1H3;2-5,7-8H,1,6H2. The maximum atomic E-state index is 3.66. The SMILES string of the molecule is C=CCc1ccccc1.CC1(C)c2ccccc2-c2cc3c(cc21)[nH]c1ccccc13.Cc1ccc2c3ccccc3c3ccccc3c2c1. The van der Waals surface area contributed by atoms with Crippen molar-refractivity contribution in [1.29, 1.82) is 0 Å². The summed E-state index contributed by atoms with van der Waals surface area (Å²) >= 11 is 0. The van der Waals surface area contributed by atoms with Gasteiger partial charge in [0.05, 0.1) is 0 Å². The lowest BCUT2D eigenvalue weighted by molar-refractivity contribution is 0.661. The van der Waals surface area contributed by atoms with Crippen LogP contribution in [-0.2, 0) is 11.8 Å². The van der Waals surface area contributed by atoms with Crippen LogP contribution >= 0.6 is 0 Å². The van der Waals surface area contributed by atoms with E-state index in [-0.39, 0.29) is 5.41 Å². The monoisotopic (exact) mass is 643 g/mol. The summed E-state index contributed by atoms with van der Waals surface area (Å²) < 4.78 is 0. The van der Waals surface area contributed by atoms with E-state index in [9.17, 15) is 0 Å². The van der Waals surface area contributed by atoms with Crippen molar-refractivity contribution in [2.45, 2.75) is 32.6 Å². The number of aryl methyl sites for hydroxylation is 1. The Morgan fingerprint density at radius 3 is 1.72 bits per heavy atom. The van der Waals surface area contributed by atoms with Crippen LogP contribution in [-0.4, -0.2) is 4.98 Å². The molecule has 0 fully saturated rings. The molecule has 0 atom stereocenters. The third-order valence-corrected chi connectivity index (χ3v) is 10.3. The Morgan fingerprint density at radius 1 is 0.480 bits per heavy atom. The molecule has 0 saturated carbocycles. The van der Waals surface area contributed by atoms with Crippen LogP contribution < -0.4 is 0 Å². The van der Waals surface area contributed by atoms with Gasteiger partial charge in [0.15, 0.2) is 0 Å². The predicted octanol–water partition coefficient (Wildman–Crippen LogP) is 13.5. The van der Waals surface area contributed by atoms with Crippen molar-refractivity contribution in [1.82, 2.24) is 4.98 Å². The summed E-state index contributed by atoms with van der Waals surface area (Å²) in [4.78, 5) is 3.57. The van der Waals surface area contributed by atoms with Crippen LogP contribution in [0.15, 0.2) is 170 Å². The predicted molar refractivity (Wildman–Crippen MR) is 217 cm³/mol. The average molecular weight is 644 g/mol. The third-order valence-electron chi connectivity index (χ3n) is 10.3. The Balaban J connectivity index is 0.000000118. The lowest BCUT2D eigenvalue weighted by atomic mass is 9.82. The Morgan fingerprint density at radius 2 is 1.04 bits per heavy atom. The van der Waals surface area contributed by atoms with Crippen molar-refractivity contribution in [3.8, 4) is 11.1 Å². The average Bonchev–Trinajstić information content (AvgIpc) is 3.63. The fourth-order valence-electron chi connectivity index (χ4n) is 7.85. The number of H-pyrrole nitrogens is 1. The summed E-state index contributed by atoms with van der Waals surface area (Å²) in [7, 11) is 0. The quantitative estimate of drug-likeness (QED) is 0.142. The molecule has 9 aromatic rings. The second kappa shape index (κ2) is 12.8. The molecular weight excluding hydrogens is 603 g/mol. The van der Waals surface area contributed by atoms with E-state index in [0.29, 0.717) is 0 Å². The fourth-order valence-corrected chi connectivity index (χ4v) is 7.85. The highest BCUT2D eigenvalue weighted by Gasteiger charge is 2.35. The van der Waals surface area contributed by atoms with E-state index in [0.717, 1.165) is 6.42 Å². The first kappa shape index (κ1) is 31.4. The molecule has 242 valence electrons. The van der Waals surface area contributed by atoms with Gasteiger partial charge in [-0.15, -0.1) is 6.58 Å². The number of nitrogens with one attached hydrogen (secondary N) is 1. The summed E-state index contributed by atoms with van der Waals surface area (Å²) in [5, 5.41) is 10.7. The number of hydrogen-bond donors (Lipinski definition) is 1. The molecule has 0 radical (unpaired) electrons. The van der Waals surface area contributed by atoms with Gasteiger partial charge in [-0.3, -0.25) is 0 Å². The largest absolute Gasteiger partial charge is 0.355 e. The number of benzene rings is 8. The molecule has 1 aliphatic rings. The third kappa shape index (κ3) is 5.46. The van der Waals surface area contributed by atoms with Crippen molar-refractivity contribution in [2.24, 2.45) is 0 Å². The Labute approximate surface area is 294 Å². The summed E-state index contributed by atoms with van der Waals surface area (Å²) in [6.45, 7) is 10.5. The van der Waals surface area contributed by atoms with Gasteiger partial charge in [0.25, 0.3) is 0 Å². The van der Waals surface area contributed by atoms with Gasteiger partial charge in [-0.2, -0.15) is 0 Å². The molecule has 0 aliphatic heterocycles. The molecule has 0 amide bonds. The number of para-hydroxylation sites is 1. The number of rotatable bonds is 2. The lowest BCUT2D eigenvalue weighted by Gasteiger charge is -2.21. The van der Waals surface area contributed by atoms with E-state index in [4.69, 9.17) is 0 Å². The van der Waals surface area contributed by atoms with E-state index >= 15 is 0 Å². The van der Waals surface area contributed by atoms with Crippen LogP contribution in [0.1, 0.15) is 36.1 Å². The number of fused-ring (bicyclic) bond motifs is 12.